The van der Waals surface area contributed by atoms with Gasteiger partial charge < -0.3 is 14.6 Å². The summed E-state index contributed by atoms with van der Waals surface area (Å²) in [5.74, 6) is -0.384. The number of allylic oxidation sites excluding steroid dienone is 1. The van der Waals surface area contributed by atoms with Crippen molar-refractivity contribution in [1.29, 1.82) is 0 Å². The van der Waals surface area contributed by atoms with Gasteiger partial charge in [0.1, 0.15) is 11.3 Å². The van der Waals surface area contributed by atoms with Gasteiger partial charge in [-0.15, -0.1) is 0 Å². The zero-order valence-electron chi connectivity index (χ0n) is 18.8. The van der Waals surface area contributed by atoms with E-state index in [-0.39, 0.29) is 34.5 Å². The zero-order valence-corrected chi connectivity index (χ0v) is 18.8. The average Bonchev–Trinajstić information content (AvgIpc) is 2.71. The smallest absolute Gasteiger partial charge is 0.341 e. The van der Waals surface area contributed by atoms with Gasteiger partial charge in [-0.1, -0.05) is 31.6 Å². The summed E-state index contributed by atoms with van der Waals surface area (Å²) in [4.78, 5) is 24.8. The molecular weight excluding hydrogens is 380 g/mol. The van der Waals surface area contributed by atoms with Crippen LogP contribution in [0.5, 0.6) is 5.75 Å². The average molecular weight is 415 g/mol. The lowest BCUT2D eigenvalue weighted by Gasteiger charge is -2.57. The maximum Gasteiger partial charge on any atom is 0.341 e. The normalized spacial score (nSPS) is 31.0. The number of rotatable bonds is 4. The maximum atomic E-state index is 12.8. The summed E-state index contributed by atoms with van der Waals surface area (Å²) in [6.45, 7) is 10.6. The van der Waals surface area contributed by atoms with E-state index in [2.05, 4.69) is 13.5 Å². The SMILES string of the molecule is C=C1CC[C@@H]2[C@](C)(CCC[C@]2(C)C(=O)OC)[C@H]1Cc1c(C)ccc(C(=O)OC)c1O. The van der Waals surface area contributed by atoms with Crippen molar-refractivity contribution >= 4 is 11.9 Å². The summed E-state index contributed by atoms with van der Waals surface area (Å²) in [5, 5.41) is 10.9. The molecule has 0 aromatic heterocycles. The fourth-order valence-corrected chi connectivity index (χ4v) is 6.28. The monoisotopic (exact) mass is 414 g/mol. The largest absolute Gasteiger partial charge is 0.507 e. The van der Waals surface area contributed by atoms with Gasteiger partial charge in [0.15, 0.2) is 0 Å². The number of hydrogen-bond donors (Lipinski definition) is 1. The van der Waals surface area contributed by atoms with Gasteiger partial charge in [0.05, 0.1) is 19.6 Å². The molecule has 0 aliphatic heterocycles. The molecule has 0 radical (unpaired) electrons. The Morgan fingerprint density at radius 1 is 1.20 bits per heavy atom. The van der Waals surface area contributed by atoms with E-state index in [0.717, 1.165) is 48.8 Å². The van der Waals surface area contributed by atoms with Crippen molar-refractivity contribution in [3.63, 3.8) is 0 Å². The molecule has 2 aliphatic rings. The van der Waals surface area contributed by atoms with E-state index < -0.39 is 11.4 Å². The number of hydrogen-bond acceptors (Lipinski definition) is 5. The van der Waals surface area contributed by atoms with Crippen molar-refractivity contribution in [3.8, 4) is 5.75 Å². The van der Waals surface area contributed by atoms with Crippen LogP contribution in [-0.4, -0.2) is 31.3 Å². The lowest BCUT2D eigenvalue weighted by Crippen LogP contribution is -2.54. The molecule has 0 amide bonds. The Labute approximate surface area is 179 Å². The van der Waals surface area contributed by atoms with Gasteiger partial charge in [-0.2, -0.15) is 0 Å². The molecule has 30 heavy (non-hydrogen) atoms. The summed E-state index contributed by atoms with van der Waals surface area (Å²) in [6, 6.07) is 3.46. The topological polar surface area (TPSA) is 72.8 Å². The second-order valence-corrected chi connectivity index (χ2v) is 9.52. The van der Waals surface area contributed by atoms with E-state index in [9.17, 15) is 14.7 Å². The van der Waals surface area contributed by atoms with Crippen molar-refractivity contribution in [3.05, 3.63) is 41.0 Å². The van der Waals surface area contributed by atoms with Gasteiger partial charge in [0.25, 0.3) is 0 Å². The number of benzene rings is 1. The van der Waals surface area contributed by atoms with Crippen molar-refractivity contribution in [1.82, 2.24) is 0 Å². The molecule has 164 valence electrons. The molecular formula is C25H34O5. The van der Waals surface area contributed by atoms with Crippen LogP contribution in [0.15, 0.2) is 24.3 Å². The zero-order chi connectivity index (χ0) is 22.3. The van der Waals surface area contributed by atoms with Crippen LogP contribution in [0.3, 0.4) is 0 Å². The predicted octanol–water partition coefficient (Wildman–Crippen LogP) is 4.98. The third-order valence-electron chi connectivity index (χ3n) is 8.00. The number of ether oxygens (including phenoxy) is 2. The third-order valence-corrected chi connectivity index (χ3v) is 8.00. The molecule has 0 heterocycles. The number of fused-ring (bicyclic) bond motifs is 1. The first-order chi connectivity index (χ1) is 14.1. The fraction of sp³-hybridized carbons (Fsp3) is 0.600. The van der Waals surface area contributed by atoms with Crippen LogP contribution >= 0.6 is 0 Å². The minimum absolute atomic E-state index is 0.00749. The van der Waals surface area contributed by atoms with Gasteiger partial charge >= 0.3 is 11.9 Å². The van der Waals surface area contributed by atoms with E-state index in [1.54, 1.807) is 6.07 Å². The Morgan fingerprint density at radius 3 is 2.53 bits per heavy atom. The van der Waals surface area contributed by atoms with Crippen molar-refractivity contribution in [2.75, 3.05) is 14.2 Å². The molecule has 1 N–H and O–H groups in total. The second-order valence-electron chi connectivity index (χ2n) is 9.52. The van der Waals surface area contributed by atoms with Crippen molar-refractivity contribution in [2.45, 2.75) is 59.3 Å². The summed E-state index contributed by atoms with van der Waals surface area (Å²) in [7, 11) is 2.78. The highest BCUT2D eigenvalue weighted by Crippen LogP contribution is 2.62. The number of carbonyl (C=O) groups is 2. The van der Waals surface area contributed by atoms with Crippen LogP contribution in [-0.2, 0) is 20.7 Å². The highest BCUT2D eigenvalue weighted by molar-refractivity contribution is 5.93. The number of carbonyl (C=O) groups excluding carboxylic acids is 2. The Bertz CT molecular complexity index is 873. The van der Waals surface area contributed by atoms with Crippen LogP contribution in [0.4, 0.5) is 0 Å². The van der Waals surface area contributed by atoms with E-state index in [4.69, 9.17) is 9.47 Å². The highest BCUT2D eigenvalue weighted by atomic mass is 16.5. The number of phenolic OH excluding ortho intramolecular Hbond substituents is 1. The standard InChI is InChI=1S/C25H34O5/c1-15-8-10-17(22(27)29-5)21(26)18(15)14-19-16(2)9-11-20-24(19,3)12-7-13-25(20,4)23(28)30-6/h8,10,19-20,26H,2,7,9,11-14H2,1,3-6H3/t19-,20+,24+,25-/m0/s1. The van der Waals surface area contributed by atoms with Gasteiger partial charge in [0.2, 0.25) is 0 Å². The lowest BCUT2D eigenvalue weighted by atomic mass is 9.46. The van der Waals surface area contributed by atoms with Crippen LogP contribution in [0.1, 0.15) is 67.4 Å². The quantitative estimate of drug-likeness (QED) is 0.555. The molecule has 4 atom stereocenters. The van der Waals surface area contributed by atoms with Gasteiger partial charge in [0, 0.05) is 0 Å². The first kappa shape index (κ1) is 22.4. The summed E-state index contributed by atoms with van der Waals surface area (Å²) >= 11 is 0. The number of methoxy groups -OCH3 is 2. The first-order valence-electron chi connectivity index (χ1n) is 10.8. The minimum atomic E-state index is -0.545. The fourth-order valence-electron chi connectivity index (χ4n) is 6.28. The number of aromatic hydroxyl groups is 1. The van der Waals surface area contributed by atoms with E-state index in [1.165, 1.54) is 14.2 Å². The third kappa shape index (κ3) is 3.42. The molecule has 0 saturated heterocycles. The highest BCUT2D eigenvalue weighted by Gasteiger charge is 2.57. The maximum absolute atomic E-state index is 12.8. The Morgan fingerprint density at radius 2 is 1.90 bits per heavy atom. The van der Waals surface area contributed by atoms with Gasteiger partial charge in [-0.25, -0.2) is 4.79 Å². The Kier molecular flexibility index (Phi) is 6.03. The lowest BCUT2D eigenvalue weighted by molar-refractivity contribution is -0.167. The molecule has 0 bridgehead atoms. The van der Waals surface area contributed by atoms with E-state index in [0.29, 0.717) is 6.42 Å². The molecule has 5 nitrogen and oxygen atoms in total. The van der Waals surface area contributed by atoms with Gasteiger partial charge in [-0.3, -0.25) is 4.79 Å². The van der Waals surface area contributed by atoms with Crippen molar-refractivity contribution < 1.29 is 24.2 Å². The summed E-state index contributed by atoms with van der Waals surface area (Å²) in [5.41, 5.74) is 2.40. The molecule has 1 aromatic rings. The number of esters is 2. The Hall–Kier alpha value is -2.30. The predicted molar refractivity (Wildman–Crippen MR) is 115 cm³/mol. The molecule has 5 heteroatoms. The number of aryl methyl sites for hydroxylation is 1. The van der Waals surface area contributed by atoms with Crippen LogP contribution < -0.4 is 0 Å². The van der Waals surface area contributed by atoms with Gasteiger partial charge in [-0.05, 0) is 80.4 Å². The van der Waals surface area contributed by atoms with Crippen molar-refractivity contribution in [2.24, 2.45) is 22.7 Å². The molecule has 2 fully saturated rings. The number of phenols is 1. The molecule has 0 unspecified atom stereocenters. The Balaban J connectivity index is 2.03. The van der Waals surface area contributed by atoms with E-state index in [1.807, 2.05) is 19.9 Å². The molecule has 1 aromatic carbocycles. The molecule has 3 rings (SSSR count). The summed E-state index contributed by atoms with van der Waals surface area (Å²) < 4.78 is 10.0. The summed E-state index contributed by atoms with van der Waals surface area (Å²) in [6.07, 6.45) is 5.16. The minimum Gasteiger partial charge on any atom is -0.507 e. The van der Waals surface area contributed by atoms with Crippen LogP contribution in [0.2, 0.25) is 0 Å². The van der Waals surface area contributed by atoms with Crippen LogP contribution in [0.25, 0.3) is 0 Å². The van der Waals surface area contributed by atoms with E-state index >= 15 is 0 Å². The first-order valence-corrected chi connectivity index (χ1v) is 10.8. The molecule has 2 aliphatic carbocycles. The second kappa shape index (κ2) is 8.09. The van der Waals surface area contributed by atoms with Crippen LogP contribution in [0, 0.1) is 29.6 Å². The molecule has 2 saturated carbocycles. The molecule has 0 spiro atoms.